The number of amides is 2. The van der Waals surface area contributed by atoms with Gasteiger partial charge in [-0.3, -0.25) is 20.4 Å². The summed E-state index contributed by atoms with van der Waals surface area (Å²) in [6, 6.07) is 12.0. The lowest BCUT2D eigenvalue weighted by Crippen LogP contribution is -2.42. The second-order valence-corrected chi connectivity index (χ2v) is 6.38. The lowest BCUT2D eigenvalue weighted by molar-refractivity contribution is -0.121. The summed E-state index contributed by atoms with van der Waals surface area (Å²) in [5.74, 6) is -0.759. The highest BCUT2D eigenvalue weighted by molar-refractivity contribution is 6.31. The number of nitrogens with one attached hydrogen (secondary N) is 2. The third-order valence-corrected chi connectivity index (χ3v) is 4.18. The topological polar surface area (TPSA) is 71.3 Å². The summed E-state index contributed by atoms with van der Waals surface area (Å²) in [6.45, 7) is 1.76. The van der Waals surface area contributed by atoms with Crippen LogP contribution in [-0.4, -0.2) is 11.8 Å². The van der Waals surface area contributed by atoms with E-state index in [1.54, 1.807) is 49.4 Å². The van der Waals surface area contributed by atoms with Crippen molar-refractivity contribution in [2.24, 2.45) is 0 Å². The van der Waals surface area contributed by atoms with Crippen molar-refractivity contribution in [1.29, 1.82) is 0 Å². The number of hydrogen-bond acceptors (Lipinski definition) is 3. The van der Waals surface area contributed by atoms with Gasteiger partial charge in [0.05, 0.1) is 6.42 Å². The third kappa shape index (κ3) is 3.95. The number of carbonyl (C=O) groups is 2. The summed E-state index contributed by atoms with van der Waals surface area (Å²) in [5.41, 5.74) is 6.72. The molecule has 0 aliphatic heterocycles. The molecule has 1 aromatic heterocycles. The quantitative estimate of drug-likeness (QED) is 0.677. The van der Waals surface area contributed by atoms with Crippen LogP contribution in [0.25, 0.3) is 11.0 Å². The molecule has 2 amide bonds. The standard InChI is InChI=1S/C18H14Cl2N2O3/c1-10-14-9-13(20)6-7-15(14)25-17(10)18(24)22-21-16(23)8-11-2-4-12(19)5-3-11/h2-7,9H,8H2,1H3,(H,21,23)(H,22,24). The highest BCUT2D eigenvalue weighted by atomic mass is 35.5. The van der Waals surface area contributed by atoms with Crippen LogP contribution in [0.5, 0.6) is 0 Å². The van der Waals surface area contributed by atoms with E-state index in [-0.39, 0.29) is 18.1 Å². The number of furan rings is 1. The molecule has 0 atom stereocenters. The molecule has 1 heterocycles. The minimum absolute atomic E-state index is 0.117. The van der Waals surface area contributed by atoms with E-state index in [9.17, 15) is 9.59 Å². The number of hydrazine groups is 1. The van der Waals surface area contributed by atoms with Gasteiger partial charge in [-0.05, 0) is 42.8 Å². The van der Waals surface area contributed by atoms with Crippen molar-refractivity contribution in [2.75, 3.05) is 0 Å². The van der Waals surface area contributed by atoms with Gasteiger partial charge in [0.25, 0.3) is 0 Å². The molecule has 0 saturated heterocycles. The Morgan fingerprint density at radius 2 is 1.68 bits per heavy atom. The fraction of sp³-hybridized carbons (Fsp3) is 0.111. The minimum Gasteiger partial charge on any atom is -0.451 e. The first-order chi connectivity index (χ1) is 11.9. The number of benzene rings is 2. The van der Waals surface area contributed by atoms with Crippen LogP contribution in [0.15, 0.2) is 46.9 Å². The molecular weight excluding hydrogens is 363 g/mol. The number of fused-ring (bicyclic) bond motifs is 1. The zero-order valence-electron chi connectivity index (χ0n) is 13.2. The second kappa shape index (κ2) is 7.17. The lowest BCUT2D eigenvalue weighted by atomic mass is 10.1. The van der Waals surface area contributed by atoms with Crippen molar-refractivity contribution >= 4 is 46.0 Å². The SMILES string of the molecule is Cc1c(C(=O)NNC(=O)Cc2ccc(Cl)cc2)oc2ccc(Cl)cc12. The zero-order valence-corrected chi connectivity index (χ0v) is 14.7. The summed E-state index contributed by atoms with van der Waals surface area (Å²) in [5, 5.41) is 1.91. The number of aryl methyl sites for hydroxylation is 1. The Hall–Kier alpha value is -2.50. The molecule has 0 radical (unpaired) electrons. The summed E-state index contributed by atoms with van der Waals surface area (Å²) in [6.07, 6.45) is 0.117. The molecule has 0 spiro atoms. The van der Waals surface area contributed by atoms with Crippen LogP contribution in [0.1, 0.15) is 21.7 Å². The number of carbonyl (C=O) groups excluding carboxylic acids is 2. The fourth-order valence-corrected chi connectivity index (χ4v) is 2.72. The van der Waals surface area contributed by atoms with Crippen LogP contribution in [0, 0.1) is 6.92 Å². The largest absolute Gasteiger partial charge is 0.451 e. The van der Waals surface area contributed by atoms with Crippen molar-refractivity contribution in [3.8, 4) is 0 Å². The number of hydrogen-bond donors (Lipinski definition) is 2. The molecule has 2 N–H and O–H groups in total. The Balaban J connectivity index is 1.65. The van der Waals surface area contributed by atoms with Gasteiger partial charge in [-0.1, -0.05) is 35.3 Å². The molecular formula is C18H14Cl2N2O3. The van der Waals surface area contributed by atoms with E-state index in [1.807, 2.05) is 0 Å². The Bertz CT molecular complexity index is 949. The number of halogens is 2. The van der Waals surface area contributed by atoms with Crippen LogP contribution in [0.3, 0.4) is 0 Å². The molecule has 0 fully saturated rings. The van der Waals surface area contributed by atoms with Crippen LogP contribution in [-0.2, 0) is 11.2 Å². The Labute approximate surface area is 153 Å². The van der Waals surface area contributed by atoms with E-state index in [4.69, 9.17) is 27.6 Å². The maximum atomic E-state index is 12.3. The van der Waals surface area contributed by atoms with Crippen LogP contribution in [0.4, 0.5) is 0 Å². The smallest absolute Gasteiger partial charge is 0.305 e. The minimum atomic E-state index is -0.533. The van der Waals surface area contributed by atoms with E-state index in [1.165, 1.54) is 0 Å². The Kier molecular flexibility index (Phi) is 4.97. The Morgan fingerprint density at radius 3 is 2.40 bits per heavy atom. The van der Waals surface area contributed by atoms with Crippen molar-refractivity contribution < 1.29 is 14.0 Å². The van der Waals surface area contributed by atoms with Gasteiger partial charge in [0, 0.05) is 21.0 Å². The Morgan fingerprint density at radius 1 is 1.00 bits per heavy atom. The lowest BCUT2D eigenvalue weighted by Gasteiger charge is -2.06. The average molecular weight is 377 g/mol. The van der Waals surface area contributed by atoms with Gasteiger partial charge in [0.2, 0.25) is 5.91 Å². The first-order valence-corrected chi connectivity index (χ1v) is 8.22. The van der Waals surface area contributed by atoms with Crippen molar-refractivity contribution in [3.63, 3.8) is 0 Å². The predicted octanol–water partition coefficient (Wildman–Crippen LogP) is 4.05. The van der Waals surface area contributed by atoms with Gasteiger partial charge in [-0.2, -0.15) is 0 Å². The van der Waals surface area contributed by atoms with Gasteiger partial charge < -0.3 is 4.42 Å². The number of rotatable bonds is 3. The van der Waals surface area contributed by atoms with Crippen molar-refractivity contribution in [3.05, 3.63) is 69.4 Å². The summed E-state index contributed by atoms with van der Waals surface area (Å²) < 4.78 is 5.54. The normalized spacial score (nSPS) is 10.7. The van der Waals surface area contributed by atoms with Gasteiger partial charge in [-0.15, -0.1) is 0 Å². The van der Waals surface area contributed by atoms with E-state index in [0.29, 0.717) is 21.2 Å². The molecule has 0 aliphatic rings. The average Bonchev–Trinajstić information content (AvgIpc) is 2.91. The molecule has 128 valence electrons. The molecule has 0 saturated carbocycles. The fourth-order valence-electron chi connectivity index (χ4n) is 2.42. The molecule has 5 nitrogen and oxygen atoms in total. The maximum Gasteiger partial charge on any atom is 0.305 e. The highest BCUT2D eigenvalue weighted by Crippen LogP contribution is 2.27. The molecule has 3 rings (SSSR count). The third-order valence-electron chi connectivity index (χ3n) is 3.70. The van der Waals surface area contributed by atoms with Crippen molar-refractivity contribution in [2.45, 2.75) is 13.3 Å². The second-order valence-electron chi connectivity index (χ2n) is 5.50. The van der Waals surface area contributed by atoms with E-state index in [2.05, 4.69) is 10.9 Å². The highest BCUT2D eigenvalue weighted by Gasteiger charge is 2.18. The maximum absolute atomic E-state index is 12.3. The molecule has 7 heteroatoms. The van der Waals surface area contributed by atoms with Crippen LogP contribution < -0.4 is 10.9 Å². The van der Waals surface area contributed by atoms with Gasteiger partial charge >= 0.3 is 5.91 Å². The summed E-state index contributed by atoms with van der Waals surface area (Å²) in [4.78, 5) is 24.2. The van der Waals surface area contributed by atoms with E-state index < -0.39 is 5.91 Å². The van der Waals surface area contributed by atoms with Crippen LogP contribution in [0.2, 0.25) is 10.0 Å². The monoisotopic (exact) mass is 376 g/mol. The van der Waals surface area contributed by atoms with Crippen molar-refractivity contribution in [1.82, 2.24) is 10.9 Å². The first kappa shape index (κ1) is 17.3. The van der Waals surface area contributed by atoms with Gasteiger partial charge in [0.15, 0.2) is 5.76 Å². The van der Waals surface area contributed by atoms with E-state index in [0.717, 1.165) is 10.9 Å². The molecule has 0 aliphatic carbocycles. The zero-order chi connectivity index (χ0) is 18.0. The van der Waals surface area contributed by atoms with Gasteiger partial charge in [0.1, 0.15) is 5.58 Å². The molecule has 2 aromatic carbocycles. The molecule has 3 aromatic rings. The van der Waals surface area contributed by atoms with Gasteiger partial charge in [-0.25, -0.2) is 0 Å². The van der Waals surface area contributed by atoms with E-state index >= 15 is 0 Å². The predicted molar refractivity (Wildman–Crippen MR) is 96.7 cm³/mol. The molecule has 0 bridgehead atoms. The van der Waals surface area contributed by atoms with Crippen LogP contribution >= 0.6 is 23.2 Å². The summed E-state index contributed by atoms with van der Waals surface area (Å²) >= 11 is 11.8. The molecule has 25 heavy (non-hydrogen) atoms. The first-order valence-electron chi connectivity index (χ1n) is 7.46. The summed E-state index contributed by atoms with van der Waals surface area (Å²) in [7, 11) is 0. The molecule has 0 unspecified atom stereocenters.